The van der Waals surface area contributed by atoms with Gasteiger partial charge in [0.05, 0.1) is 11.1 Å². The normalized spacial score (nSPS) is 11.6. The summed E-state index contributed by atoms with van der Waals surface area (Å²) in [5.74, 6) is -0.448. The van der Waals surface area contributed by atoms with Gasteiger partial charge in [0, 0.05) is 11.6 Å². The Balaban J connectivity index is 3.35. The fraction of sp³-hybridized carbons (Fsp3) is 0.333. The number of nitro benzene ring substituents is 1. The molecule has 1 aromatic carbocycles. The molecule has 0 saturated heterocycles. The molecular formula is C12H16N4O3S. The van der Waals surface area contributed by atoms with Crippen molar-refractivity contribution in [3.8, 4) is 5.75 Å². The molecule has 0 atom stereocenters. The fourth-order valence-corrected chi connectivity index (χ4v) is 1.53. The molecule has 8 heteroatoms. The number of hydrogen-bond donors (Lipinski definition) is 3. The maximum atomic E-state index is 11.0. The van der Waals surface area contributed by atoms with Crippen molar-refractivity contribution in [2.45, 2.75) is 26.2 Å². The molecule has 0 radical (unpaired) electrons. The van der Waals surface area contributed by atoms with Crippen molar-refractivity contribution in [2.24, 2.45) is 10.8 Å². The average Bonchev–Trinajstić information content (AvgIpc) is 2.28. The predicted molar refractivity (Wildman–Crippen MR) is 81.0 cm³/mol. The third kappa shape index (κ3) is 3.89. The molecule has 1 rings (SSSR count). The number of rotatable bonds is 3. The lowest BCUT2D eigenvalue weighted by Crippen LogP contribution is -2.24. The Bertz CT molecular complexity index is 579. The molecule has 0 aliphatic rings. The topological polar surface area (TPSA) is 114 Å². The van der Waals surface area contributed by atoms with E-state index in [0.29, 0.717) is 5.56 Å². The van der Waals surface area contributed by atoms with E-state index in [0.717, 1.165) is 0 Å². The van der Waals surface area contributed by atoms with E-state index < -0.39 is 10.7 Å². The number of hydrogen-bond acceptors (Lipinski definition) is 5. The Kier molecular flexibility index (Phi) is 4.61. The number of nitrogens with two attached hydrogens (primary N) is 1. The van der Waals surface area contributed by atoms with E-state index in [-0.39, 0.29) is 21.8 Å². The first-order valence-electron chi connectivity index (χ1n) is 5.73. The van der Waals surface area contributed by atoms with Gasteiger partial charge in [0.25, 0.3) is 0 Å². The second-order valence-electron chi connectivity index (χ2n) is 5.17. The summed E-state index contributed by atoms with van der Waals surface area (Å²) in [5.41, 5.74) is 7.78. The lowest BCUT2D eigenvalue weighted by molar-refractivity contribution is -0.386. The van der Waals surface area contributed by atoms with Crippen LogP contribution in [0.2, 0.25) is 0 Å². The van der Waals surface area contributed by atoms with Gasteiger partial charge in [-0.3, -0.25) is 15.5 Å². The second-order valence-corrected chi connectivity index (χ2v) is 5.61. The van der Waals surface area contributed by atoms with Crippen LogP contribution in [0.15, 0.2) is 17.2 Å². The van der Waals surface area contributed by atoms with Gasteiger partial charge in [0.15, 0.2) is 5.11 Å². The molecule has 0 saturated carbocycles. The summed E-state index contributed by atoms with van der Waals surface area (Å²) in [4.78, 5) is 10.3. The highest BCUT2D eigenvalue weighted by molar-refractivity contribution is 7.80. The van der Waals surface area contributed by atoms with Gasteiger partial charge < -0.3 is 10.8 Å². The van der Waals surface area contributed by atoms with Crippen LogP contribution < -0.4 is 11.2 Å². The van der Waals surface area contributed by atoms with Gasteiger partial charge in [0.2, 0.25) is 5.75 Å². The van der Waals surface area contributed by atoms with E-state index in [9.17, 15) is 15.2 Å². The van der Waals surface area contributed by atoms with Crippen LogP contribution in [0.5, 0.6) is 5.75 Å². The van der Waals surface area contributed by atoms with Crippen LogP contribution in [0.25, 0.3) is 0 Å². The monoisotopic (exact) mass is 296 g/mol. The molecule has 0 unspecified atom stereocenters. The molecule has 0 amide bonds. The highest BCUT2D eigenvalue weighted by Gasteiger charge is 2.23. The van der Waals surface area contributed by atoms with Crippen molar-refractivity contribution in [3.05, 3.63) is 33.4 Å². The summed E-state index contributed by atoms with van der Waals surface area (Å²) in [6.45, 7) is 5.74. The van der Waals surface area contributed by atoms with Gasteiger partial charge in [-0.25, -0.2) is 0 Å². The quantitative estimate of drug-likeness (QED) is 0.339. The predicted octanol–water partition coefficient (Wildman–Crippen LogP) is 1.76. The van der Waals surface area contributed by atoms with Gasteiger partial charge in [-0.15, -0.1) is 0 Å². The van der Waals surface area contributed by atoms with E-state index in [2.05, 4.69) is 22.7 Å². The van der Waals surface area contributed by atoms with Crippen molar-refractivity contribution < 1.29 is 10.0 Å². The number of benzene rings is 1. The molecule has 108 valence electrons. The lowest BCUT2D eigenvalue weighted by Gasteiger charge is -2.19. The average molecular weight is 296 g/mol. The fourth-order valence-electron chi connectivity index (χ4n) is 1.48. The first-order chi connectivity index (χ1) is 9.12. The summed E-state index contributed by atoms with van der Waals surface area (Å²) < 4.78 is 0. The third-order valence-corrected chi connectivity index (χ3v) is 2.65. The van der Waals surface area contributed by atoms with Crippen LogP contribution in [-0.4, -0.2) is 21.4 Å². The Morgan fingerprint density at radius 1 is 1.55 bits per heavy atom. The van der Waals surface area contributed by atoms with Gasteiger partial charge in [-0.2, -0.15) is 5.10 Å². The van der Waals surface area contributed by atoms with Gasteiger partial charge in [-0.05, 0) is 29.3 Å². The molecular weight excluding hydrogens is 280 g/mol. The summed E-state index contributed by atoms with van der Waals surface area (Å²) in [7, 11) is 0. The second kappa shape index (κ2) is 5.83. The molecule has 0 aromatic heterocycles. The molecule has 0 heterocycles. The molecule has 1 aromatic rings. The van der Waals surface area contributed by atoms with Crippen LogP contribution in [-0.2, 0) is 5.41 Å². The Hall–Kier alpha value is -2.22. The molecule has 0 aliphatic carbocycles. The van der Waals surface area contributed by atoms with Gasteiger partial charge in [-0.1, -0.05) is 20.8 Å². The minimum atomic E-state index is -0.636. The van der Waals surface area contributed by atoms with Crippen molar-refractivity contribution in [1.29, 1.82) is 0 Å². The Labute approximate surface area is 121 Å². The van der Waals surface area contributed by atoms with E-state index in [1.807, 2.05) is 20.8 Å². The van der Waals surface area contributed by atoms with Crippen LogP contribution in [0.3, 0.4) is 0 Å². The first kappa shape index (κ1) is 15.8. The number of aromatic hydroxyl groups is 1. The van der Waals surface area contributed by atoms with Crippen molar-refractivity contribution in [1.82, 2.24) is 5.43 Å². The number of hydrazone groups is 1. The lowest BCUT2D eigenvalue weighted by atomic mass is 9.85. The number of nitrogens with zero attached hydrogens (tertiary/aromatic N) is 2. The molecule has 0 bridgehead atoms. The molecule has 0 fully saturated rings. The van der Waals surface area contributed by atoms with Crippen molar-refractivity contribution >= 4 is 29.2 Å². The molecule has 20 heavy (non-hydrogen) atoms. The van der Waals surface area contributed by atoms with Gasteiger partial charge in [0.1, 0.15) is 0 Å². The molecule has 0 aliphatic heterocycles. The standard InChI is InChI=1S/C12H16N4O3S/c1-12(2,3)8-4-7(6-14-15-11(13)20)10(17)9(5-8)16(18)19/h4-6,17H,1-3H3,(H3,13,15,20). The first-order valence-corrected chi connectivity index (χ1v) is 6.14. The highest BCUT2D eigenvalue weighted by Crippen LogP contribution is 2.34. The zero-order valence-corrected chi connectivity index (χ0v) is 12.2. The maximum Gasteiger partial charge on any atom is 0.311 e. The number of nitrogens with one attached hydrogen (secondary N) is 1. The van der Waals surface area contributed by atoms with Crippen molar-refractivity contribution in [3.63, 3.8) is 0 Å². The molecule has 0 spiro atoms. The summed E-state index contributed by atoms with van der Waals surface area (Å²) in [6.07, 6.45) is 1.23. The van der Waals surface area contributed by atoms with Crippen molar-refractivity contribution in [2.75, 3.05) is 0 Å². The minimum Gasteiger partial charge on any atom is -0.502 e. The van der Waals surface area contributed by atoms with Crippen LogP contribution >= 0.6 is 12.2 Å². The zero-order chi connectivity index (χ0) is 15.5. The molecule has 4 N–H and O–H groups in total. The summed E-state index contributed by atoms with van der Waals surface area (Å²) in [6, 6.07) is 2.99. The summed E-state index contributed by atoms with van der Waals surface area (Å²) >= 11 is 4.58. The van der Waals surface area contributed by atoms with Gasteiger partial charge >= 0.3 is 5.69 Å². The van der Waals surface area contributed by atoms with E-state index >= 15 is 0 Å². The smallest absolute Gasteiger partial charge is 0.311 e. The van der Waals surface area contributed by atoms with E-state index in [1.165, 1.54) is 12.3 Å². The minimum absolute atomic E-state index is 0.0396. The number of thiocarbonyl (C=S) groups is 1. The Morgan fingerprint density at radius 3 is 2.60 bits per heavy atom. The number of phenolic OH excluding ortho intramolecular Hbond substituents is 1. The van der Waals surface area contributed by atoms with Crippen LogP contribution in [0.1, 0.15) is 31.9 Å². The highest BCUT2D eigenvalue weighted by atomic mass is 32.1. The SMILES string of the molecule is CC(C)(C)c1cc(C=NNC(N)=S)c(O)c([N+](=O)[O-])c1. The van der Waals surface area contributed by atoms with Crippen LogP contribution in [0.4, 0.5) is 5.69 Å². The third-order valence-electron chi connectivity index (χ3n) is 2.56. The summed E-state index contributed by atoms with van der Waals surface area (Å²) in [5, 5.41) is 24.5. The largest absolute Gasteiger partial charge is 0.502 e. The number of phenols is 1. The van der Waals surface area contributed by atoms with Crippen LogP contribution in [0, 0.1) is 10.1 Å². The zero-order valence-electron chi connectivity index (χ0n) is 11.4. The van der Waals surface area contributed by atoms with E-state index in [1.54, 1.807) is 6.07 Å². The maximum absolute atomic E-state index is 11.0. The Morgan fingerprint density at radius 2 is 2.15 bits per heavy atom. The van der Waals surface area contributed by atoms with E-state index in [4.69, 9.17) is 5.73 Å². The molecule has 7 nitrogen and oxygen atoms in total. The number of nitro groups is 1.